The normalized spacial score (nSPS) is 12.1. The van der Waals surface area contributed by atoms with E-state index >= 15 is 0 Å². The van der Waals surface area contributed by atoms with Gasteiger partial charge in [-0.15, -0.1) is 0 Å². The number of nitro benzene ring substituents is 1. The fourth-order valence-corrected chi connectivity index (χ4v) is 2.95. The molecule has 0 aliphatic carbocycles. The van der Waals surface area contributed by atoms with E-state index in [0.29, 0.717) is 23.4 Å². The minimum atomic E-state index is -0.581. The second-order valence-electron chi connectivity index (χ2n) is 6.82. The lowest BCUT2D eigenvalue weighted by molar-refractivity contribution is -0.385. The summed E-state index contributed by atoms with van der Waals surface area (Å²) in [6.45, 7) is 4.06. The molecule has 0 saturated carbocycles. The van der Waals surface area contributed by atoms with Crippen molar-refractivity contribution in [2.24, 2.45) is 5.92 Å². The number of nitrogens with one attached hydrogen (secondary N) is 1. The average molecular weight is 383 g/mol. The number of benzene rings is 2. The van der Waals surface area contributed by atoms with Gasteiger partial charge in [0.25, 0.3) is 5.91 Å². The Morgan fingerprint density at radius 3 is 2.68 bits per heavy atom. The lowest BCUT2D eigenvalue weighted by Crippen LogP contribution is -2.29. The lowest BCUT2D eigenvalue weighted by atomic mass is 10.0. The van der Waals surface area contributed by atoms with E-state index in [-0.39, 0.29) is 22.9 Å². The molecule has 0 saturated heterocycles. The van der Waals surface area contributed by atoms with E-state index in [4.69, 9.17) is 9.15 Å². The van der Waals surface area contributed by atoms with Gasteiger partial charge in [-0.25, -0.2) is 4.98 Å². The van der Waals surface area contributed by atoms with Crippen LogP contribution < -0.4 is 10.1 Å². The minimum absolute atomic E-state index is 0.0965. The number of para-hydroxylation sites is 2. The van der Waals surface area contributed by atoms with Crippen LogP contribution in [0.5, 0.6) is 5.75 Å². The van der Waals surface area contributed by atoms with Crippen LogP contribution in [0.15, 0.2) is 46.9 Å². The molecule has 0 aliphatic rings. The maximum Gasteiger partial charge on any atom is 0.311 e. The number of methoxy groups -OCH3 is 1. The summed E-state index contributed by atoms with van der Waals surface area (Å²) in [6.07, 6.45) is 0.608. The molecule has 28 heavy (non-hydrogen) atoms. The molecule has 0 unspecified atom stereocenters. The Balaban J connectivity index is 1.89. The Morgan fingerprint density at radius 2 is 2.04 bits per heavy atom. The SMILES string of the molecule is COc1ccc(C(=O)N[C@H](CC(C)C)c2nc3ccccc3o2)cc1[N+](=O)[O-]. The van der Waals surface area contributed by atoms with Crippen molar-refractivity contribution in [3.8, 4) is 5.75 Å². The first-order chi connectivity index (χ1) is 13.4. The van der Waals surface area contributed by atoms with Gasteiger partial charge in [-0.05, 0) is 36.6 Å². The average Bonchev–Trinajstić information content (AvgIpc) is 3.10. The van der Waals surface area contributed by atoms with Crippen LogP contribution in [0.4, 0.5) is 5.69 Å². The van der Waals surface area contributed by atoms with Gasteiger partial charge >= 0.3 is 5.69 Å². The monoisotopic (exact) mass is 383 g/mol. The van der Waals surface area contributed by atoms with Gasteiger partial charge in [0.2, 0.25) is 5.89 Å². The smallest absolute Gasteiger partial charge is 0.311 e. The summed E-state index contributed by atoms with van der Waals surface area (Å²) < 4.78 is 10.8. The highest BCUT2D eigenvalue weighted by Gasteiger charge is 2.24. The number of nitrogens with zero attached hydrogens (tertiary/aromatic N) is 2. The fourth-order valence-electron chi connectivity index (χ4n) is 2.95. The molecule has 3 rings (SSSR count). The lowest BCUT2D eigenvalue weighted by Gasteiger charge is -2.17. The van der Waals surface area contributed by atoms with E-state index in [1.807, 2.05) is 38.1 Å². The van der Waals surface area contributed by atoms with Gasteiger partial charge in [0, 0.05) is 11.6 Å². The maximum absolute atomic E-state index is 12.8. The predicted octanol–water partition coefficient (Wildman–Crippen LogP) is 4.26. The maximum atomic E-state index is 12.8. The van der Waals surface area contributed by atoms with Gasteiger partial charge < -0.3 is 14.5 Å². The zero-order valence-corrected chi connectivity index (χ0v) is 15.8. The minimum Gasteiger partial charge on any atom is -0.490 e. The highest BCUT2D eigenvalue weighted by Crippen LogP contribution is 2.29. The van der Waals surface area contributed by atoms with E-state index in [1.165, 1.54) is 25.3 Å². The van der Waals surface area contributed by atoms with Crippen LogP contribution >= 0.6 is 0 Å². The number of rotatable bonds is 7. The number of ether oxygens (including phenoxy) is 1. The standard InChI is InChI=1S/C20H21N3O5/c1-12(2)10-15(20-22-14-6-4-5-7-17(14)28-20)21-19(24)13-8-9-18(27-3)16(11-13)23(25)26/h4-9,11-12,15H,10H2,1-3H3,(H,21,24)/t15-/m1/s1. The molecule has 0 fully saturated rings. The van der Waals surface area contributed by atoms with Gasteiger partial charge in [-0.3, -0.25) is 14.9 Å². The second kappa shape index (κ2) is 8.08. The number of oxazole rings is 1. The van der Waals surface area contributed by atoms with Gasteiger partial charge in [-0.2, -0.15) is 0 Å². The third-order valence-electron chi connectivity index (χ3n) is 4.26. The van der Waals surface area contributed by atoms with Crippen LogP contribution in [-0.2, 0) is 0 Å². The number of carbonyl (C=O) groups is 1. The van der Waals surface area contributed by atoms with Crippen LogP contribution in [0.3, 0.4) is 0 Å². The number of fused-ring (bicyclic) bond motifs is 1. The van der Waals surface area contributed by atoms with Crippen molar-refractivity contribution in [3.05, 3.63) is 64.0 Å². The topological polar surface area (TPSA) is 108 Å². The Labute approximate surface area is 161 Å². The zero-order chi connectivity index (χ0) is 20.3. The summed E-state index contributed by atoms with van der Waals surface area (Å²) in [5.74, 6) is 0.328. The first kappa shape index (κ1) is 19.3. The van der Waals surface area contributed by atoms with E-state index in [1.54, 1.807) is 0 Å². The van der Waals surface area contributed by atoms with Crippen molar-refractivity contribution >= 4 is 22.7 Å². The molecule has 3 aromatic rings. The van der Waals surface area contributed by atoms with Gasteiger partial charge in [0.1, 0.15) is 11.6 Å². The predicted molar refractivity (Wildman–Crippen MR) is 103 cm³/mol. The van der Waals surface area contributed by atoms with Gasteiger partial charge in [0.05, 0.1) is 12.0 Å². The van der Waals surface area contributed by atoms with Crippen molar-refractivity contribution < 1.29 is 18.9 Å². The number of carbonyl (C=O) groups excluding carboxylic acids is 1. The Morgan fingerprint density at radius 1 is 1.29 bits per heavy atom. The molecular weight excluding hydrogens is 362 g/mol. The highest BCUT2D eigenvalue weighted by molar-refractivity contribution is 5.95. The van der Waals surface area contributed by atoms with Crippen LogP contribution in [-0.4, -0.2) is 22.9 Å². The molecule has 8 heteroatoms. The molecule has 8 nitrogen and oxygen atoms in total. The quantitative estimate of drug-likeness (QED) is 0.482. The largest absolute Gasteiger partial charge is 0.490 e. The molecule has 1 N–H and O–H groups in total. The molecule has 1 heterocycles. The van der Waals surface area contributed by atoms with E-state index in [2.05, 4.69) is 10.3 Å². The van der Waals surface area contributed by atoms with Crippen molar-refractivity contribution in [3.63, 3.8) is 0 Å². The molecule has 0 bridgehead atoms. The van der Waals surface area contributed by atoms with Gasteiger partial charge in [0.15, 0.2) is 11.3 Å². The van der Waals surface area contributed by atoms with E-state index in [9.17, 15) is 14.9 Å². The third kappa shape index (κ3) is 4.11. The van der Waals surface area contributed by atoms with Crippen LogP contribution in [0.25, 0.3) is 11.1 Å². The molecule has 0 spiro atoms. The van der Waals surface area contributed by atoms with Crippen LogP contribution in [0.1, 0.15) is 42.6 Å². The Kier molecular flexibility index (Phi) is 5.58. The summed E-state index contributed by atoms with van der Waals surface area (Å²) in [4.78, 5) is 27.9. The van der Waals surface area contributed by atoms with Crippen molar-refractivity contribution in [2.45, 2.75) is 26.3 Å². The molecule has 0 radical (unpaired) electrons. The summed E-state index contributed by atoms with van der Waals surface area (Å²) >= 11 is 0. The van der Waals surface area contributed by atoms with Crippen LogP contribution in [0, 0.1) is 16.0 Å². The number of hydrogen-bond acceptors (Lipinski definition) is 6. The van der Waals surface area contributed by atoms with E-state index < -0.39 is 16.9 Å². The third-order valence-corrected chi connectivity index (χ3v) is 4.26. The Hall–Kier alpha value is -3.42. The molecule has 1 amide bonds. The molecule has 0 aliphatic heterocycles. The first-order valence-electron chi connectivity index (χ1n) is 8.87. The van der Waals surface area contributed by atoms with Crippen molar-refractivity contribution in [1.82, 2.24) is 10.3 Å². The Bertz CT molecular complexity index is 979. The summed E-state index contributed by atoms with van der Waals surface area (Å²) in [6, 6.07) is 11.0. The number of aromatic nitrogens is 1. The van der Waals surface area contributed by atoms with Crippen molar-refractivity contribution in [1.29, 1.82) is 0 Å². The van der Waals surface area contributed by atoms with E-state index in [0.717, 1.165) is 0 Å². The van der Waals surface area contributed by atoms with Crippen LogP contribution in [0.2, 0.25) is 0 Å². The number of amides is 1. The summed E-state index contributed by atoms with van der Waals surface area (Å²) in [7, 11) is 1.34. The summed E-state index contributed by atoms with van der Waals surface area (Å²) in [5, 5.41) is 14.1. The first-order valence-corrected chi connectivity index (χ1v) is 8.87. The van der Waals surface area contributed by atoms with Crippen molar-refractivity contribution in [2.75, 3.05) is 7.11 Å². The second-order valence-corrected chi connectivity index (χ2v) is 6.82. The number of nitro groups is 1. The summed E-state index contributed by atoms with van der Waals surface area (Å²) in [5.41, 5.74) is 1.25. The molecule has 146 valence electrons. The number of hydrogen-bond donors (Lipinski definition) is 1. The zero-order valence-electron chi connectivity index (χ0n) is 15.8. The molecule has 2 aromatic carbocycles. The molecule has 1 aromatic heterocycles. The van der Waals surface area contributed by atoms with Gasteiger partial charge in [-0.1, -0.05) is 26.0 Å². The molecule has 1 atom stereocenters. The highest BCUT2D eigenvalue weighted by atomic mass is 16.6. The molecular formula is C20H21N3O5. The fraction of sp³-hybridized carbons (Fsp3) is 0.300.